The standard InChI is InChI=1S/C12H14F3N3O2/c1-20-8-5-9(11(16)19)18(6-8)7-2-3-17-10(4-7)12(13,14)15/h2-4,8-9H,5-6H2,1H3,(H2,16,19)/t8-,9-/m0/s1. The average molecular weight is 289 g/mol. The third-order valence-corrected chi connectivity index (χ3v) is 3.29. The van der Waals surface area contributed by atoms with E-state index < -0.39 is 23.8 Å². The Balaban J connectivity index is 2.32. The molecule has 0 unspecified atom stereocenters. The number of halogens is 3. The summed E-state index contributed by atoms with van der Waals surface area (Å²) in [5.41, 5.74) is 4.55. The molecule has 1 amide bonds. The normalized spacial score (nSPS) is 23.1. The Labute approximate surface area is 113 Å². The summed E-state index contributed by atoms with van der Waals surface area (Å²) in [6, 6.07) is 1.65. The van der Waals surface area contributed by atoms with E-state index in [2.05, 4.69) is 4.98 Å². The topological polar surface area (TPSA) is 68.5 Å². The van der Waals surface area contributed by atoms with Gasteiger partial charge in [-0.25, -0.2) is 0 Å². The highest BCUT2D eigenvalue weighted by Crippen LogP contribution is 2.32. The summed E-state index contributed by atoms with van der Waals surface area (Å²) >= 11 is 0. The zero-order valence-electron chi connectivity index (χ0n) is 10.7. The smallest absolute Gasteiger partial charge is 0.380 e. The van der Waals surface area contributed by atoms with Crippen LogP contribution in [0.3, 0.4) is 0 Å². The van der Waals surface area contributed by atoms with Crippen molar-refractivity contribution in [2.45, 2.75) is 24.7 Å². The number of hydrogen-bond donors (Lipinski definition) is 1. The predicted octanol–water partition coefficient (Wildman–Crippen LogP) is 1.18. The van der Waals surface area contributed by atoms with Crippen molar-refractivity contribution in [2.24, 2.45) is 5.73 Å². The quantitative estimate of drug-likeness (QED) is 0.907. The van der Waals surface area contributed by atoms with E-state index in [0.717, 1.165) is 12.3 Å². The van der Waals surface area contributed by atoms with E-state index in [1.54, 1.807) is 0 Å². The van der Waals surface area contributed by atoms with Crippen LogP contribution in [0.15, 0.2) is 18.3 Å². The number of carbonyl (C=O) groups is 1. The first kappa shape index (κ1) is 14.6. The summed E-state index contributed by atoms with van der Waals surface area (Å²) in [7, 11) is 1.49. The number of primary amides is 1. The van der Waals surface area contributed by atoms with Crippen molar-refractivity contribution in [3.8, 4) is 0 Å². The molecule has 110 valence electrons. The fraction of sp³-hybridized carbons (Fsp3) is 0.500. The van der Waals surface area contributed by atoms with Crippen molar-refractivity contribution in [3.63, 3.8) is 0 Å². The third-order valence-electron chi connectivity index (χ3n) is 3.29. The number of ether oxygens (including phenoxy) is 1. The second-order valence-corrected chi connectivity index (χ2v) is 4.56. The lowest BCUT2D eigenvalue weighted by Gasteiger charge is -2.24. The molecule has 1 aliphatic rings. The maximum atomic E-state index is 12.7. The molecule has 1 aromatic rings. The summed E-state index contributed by atoms with van der Waals surface area (Å²) in [6.45, 7) is 0.311. The highest BCUT2D eigenvalue weighted by atomic mass is 19.4. The maximum absolute atomic E-state index is 12.7. The number of amides is 1. The van der Waals surface area contributed by atoms with E-state index in [1.165, 1.54) is 18.1 Å². The molecule has 0 aliphatic carbocycles. The Bertz CT molecular complexity index is 507. The molecule has 20 heavy (non-hydrogen) atoms. The lowest BCUT2D eigenvalue weighted by atomic mass is 10.2. The van der Waals surface area contributed by atoms with Gasteiger partial charge in [0.2, 0.25) is 5.91 Å². The highest BCUT2D eigenvalue weighted by molar-refractivity contribution is 5.84. The number of nitrogens with two attached hydrogens (primary N) is 1. The van der Waals surface area contributed by atoms with E-state index in [-0.39, 0.29) is 11.8 Å². The minimum Gasteiger partial charge on any atom is -0.380 e. The predicted molar refractivity (Wildman–Crippen MR) is 65.0 cm³/mol. The molecule has 0 aromatic carbocycles. The summed E-state index contributed by atoms with van der Waals surface area (Å²) in [6.07, 6.45) is -3.35. The number of rotatable bonds is 3. The molecule has 8 heteroatoms. The van der Waals surface area contributed by atoms with Crippen LogP contribution in [-0.2, 0) is 15.7 Å². The van der Waals surface area contributed by atoms with Crippen LogP contribution >= 0.6 is 0 Å². The second-order valence-electron chi connectivity index (χ2n) is 4.56. The van der Waals surface area contributed by atoms with Gasteiger partial charge in [0.05, 0.1) is 6.10 Å². The van der Waals surface area contributed by atoms with Gasteiger partial charge >= 0.3 is 6.18 Å². The number of anilines is 1. The van der Waals surface area contributed by atoms with Gasteiger partial charge in [0.25, 0.3) is 0 Å². The molecule has 2 N–H and O–H groups in total. The van der Waals surface area contributed by atoms with Crippen LogP contribution in [0.2, 0.25) is 0 Å². The van der Waals surface area contributed by atoms with Crippen molar-refractivity contribution >= 4 is 11.6 Å². The summed E-state index contributed by atoms with van der Waals surface area (Å²) in [5, 5.41) is 0. The molecular formula is C12H14F3N3O2. The Kier molecular flexibility index (Phi) is 3.85. The van der Waals surface area contributed by atoms with E-state index in [1.807, 2.05) is 0 Å². The van der Waals surface area contributed by atoms with Crippen molar-refractivity contribution in [1.29, 1.82) is 0 Å². The summed E-state index contributed by atoms with van der Waals surface area (Å²) < 4.78 is 43.1. The van der Waals surface area contributed by atoms with Crippen LogP contribution in [-0.4, -0.2) is 36.7 Å². The average Bonchev–Trinajstić information content (AvgIpc) is 2.82. The molecule has 0 spiro atoms. The van der Waals surface area contributed by atoms with Crippen LogP contribution in [0, 0.1) is 0 Å². The van der Waals surface area contributed by atoms with Gasteiger partial charge in [-0.2, -0.15) is 13.2 Å². The van der Waals surface area contributed by atoms with E-state index in [0.29, 0.717) is 13.0 Å². The minimum atomic E-state index is -4.53. The molecular weight excluding hydrogens is 275 g/mol. The Morgan fingerprint density at radius 1 is 1.55 bits per heavy atom. The van der Waals surface area contributed by atoms with Crippen molar-refractivity contribution in [1.82, 2.24) is 4.98 Å². The van der Waals surface area contributed by atoms with Crippen molar-refractivity contribution in [2.75, 3.05) is 18.6 Å². The Morgan fingerprint density at radius 3 is 2.80 bits per heavy atom. The number of carbonyl (C=O) groups excluding carboxylic acids is 1. The first-order valence-electron chi connectivity index (χ1n) is 5.95. The molecule has 1 fully saturated rings. The molecule has 0 saturated carbocycles. The number of alkyl halides is 3. The molecule has 5 nitrogen and oxygen atoms in total. The molecule has 2 atom stereocenters. The van der Waals surface area contributed by atoms with Gasteiger partial charge in [0.15, 0.2) is 0 Å². The molecule has 2 rings (SSSR count). The van der Waals surface area contributed by atoms with E-state index in [4.69, 9.17) is 10.5 Å². The van der Waals surface area contributed by atoms with Crippen LogP contribution in [0.5, 0.6) is 0 Å². The number of nitrogens with zero attached hydrogens (tertiary/aromatic N) is 2. The molecule has 0 bridgehead atoms. The van der Waals surface area contributed by atoms with Gasteiger partial charge < -0.3 is 15.4 Å². The number of aromatic nitrogens is 1. The first-order chi connectivity index (χ1) is 9.32. The van der Waals surface area contributed by atoms with E-state index in [9.17, 15) is 18.0 Å². The van der Waals surface area contributed by atoms with Crippen LogP contribution in [0.4, 0.5) is 18.9 Å². The van der Waals surface area contributed by atoms with Gasteiger partial charge in [0, 0.05) is 32.0 Å². The summed E-state index contributed by atoms with van der Waals surface area (Å²) in [5.74, 6) is -0.588. The van der Waals surface area contributed by atoms with Crippen LogP contribution in [0.1, 0.15) is 12.1 Å². The molecule has 2 heterocycles. The van der Waals surface area contributed by atoms with Crippen molar-refractivity contribution in [3.05, 3.63) is 24.0 Å². The molecule has 1 aromatic heterocycles. The van der Waals surface area contributed by atoms with Crippen LogP contribution < -0.4 is 10.6 Å². The largest absolute Gasteiger partial charge is 0.433 e. The van der Waals surface area contributed by atoms with Gasteiger partial charge in [-0.3, -0.25) is 9.78 Å². The zero-order chi connectivity index (χ0) is 14.9. The van der Waals surface area contributed by atoms with Gasteiger partial charge in [-0.15, -0.1) is 0 Å². The minimum absolute atomic E-state index is 0.241. The lowest BCUT2D eigenvalue weighted by Crippen LogP contribution is -2.40. The Morgan fingerprint density at radius 2 is 2.25 bits per heavy atom. The zero-order valence-corrected chi connectivity index (χ0v) is 10.7. The van der Waals surface area contributed by atoms with E-state index >= 15 is 0 Å². The van der Waals surface area contributed by atoms with Crippen LogP contribution in [0.25, 0.3) is 0 Å². The molecule has 0 radical (unpaired) electrons. The fourth-order valence-corrected chi connectivity index (χ4v) is 2.28. The third kappa shape index (κ3) is 2.84. The number of hydrogen-bond acceptors (Lipinski definition) is 4. The number of methoxy groups -OCH3 is 1. The Hall–Kier alpha value is -1.83. The van der Waals surface area contributed by atoms with Crippen molar-refractivity contribution < 1.29 is 22.7 Å². The fourth-order valence-electron chi connectivity index (χ4n) is 2.28. The highest BCUT2D eigenvalue weighted by Gasteiger charge is 2.38. The number of pyridine rings is 1. The second kappa shape index (κ2) is 5.28. The molecule has 1 saturated heterocycles. The lowest BCUT2D eigenvalue weighted by molar-refractivity contribution is -0.141. The SMILES string of the molecule is CO[C@H]1C[C@@H](C(N)=O)N(c2ccnc(C(F)(F)F)c2)C1. The monoisotopic (exact) mass is 289 g/mol. The van der Waals surface area contributed by atoms with Gasteiger partial charge in [0.1, 0.15) is 11.7 Å². The summed E-state index contributed by atoms with van der Waals surface area (Å²) in [4.78, 5) is 16.2. The van der Waals surface area contributed by atoms with Gasteiger partial charge in [-0.05, 0) is 12.1 Å². The molecule has 1 aliphatic heterocycles. The maximum Gasteiger partial charge on any atom is 0.433 e. The van der Waals surface area contributed by atoms with Gasteiger partial charge in [-0.1, -0.05) is 0 Å². The first-order valence-corrected chi connectivity index (χ1v) is 5.95.